The average Bonchev–Trinajstić information content (AvgIpc) is 2.84. The summed E-state index contributed by atoms with van der Waals surface area (Å²) in [5.41, 5.74) is 1.75. The number of benzene rings is 1. The molecular formula is C18H31N3. The zero-order valence-electron chi connectivity index (χ0n) is 14.1. The molecule has 1 saturated heterocycles. The van der Waals surface area contributed by atoms with E-state index >= 15 is 0 Å². The Kier molecular flexibility index (Phi) is 5.80. The predicted molar refractivity (Wildman–Crippen MR) is 90.5 cm³/mol. The van der Waals surface area contributed by atoms with Gasteiger partial charge >= 0.3 is 0 Å². The molecule has 1 fully saturated rings. The second-order valence-corrected chi connectivity index (χ2v) is 7.49. The molecule has 0 saturated carbocycles. The Labute approximate surface area is 130 Å². The first kappa shape index (κ1) is 16.5. The molecule has 0 aromatic heterocycles. The summed E-state index contributed by atoms with van der Waals surface area (Å²) in [6.45, 7) is 10.4. The second-order valence-electron chi connectivity index (χ2n) is 7.49. The first-order chi connectivity index (χ1) is 9.94. The fraction of sp³-hybridized carbons (Fsp3) is 0.667. The van der Waals surface area contributed by atoms with Crippen molar-refractivity contribution < 1.29 is 0 Å². The highest BCUT2D eigenvalue weighted by atomic mass is 15.2. The van der Waals surface area contributed by atoms with Crippen LogP contribution in [0.5, 0.6) is 0 Å². The van der Waals surface area contributed by atoms with E-state index < -0.39 is 0 Å². The number of hydrogen-bond acceptors (Lipinski definition) is 3. The maximum absolute atomic E-state index is 3.77. The van der Waals surface area contributed by atoms with Crippen molar-refractivity contribution in [3.8, 4) is 0 Å². The molecule has 1 heterocycles. The van der Waals surface area contributed by atoms with Crippen LogP contribution in [0.15, 0.2) is 30.3 Å². The molecule has 1 aromatic carbocycles. The molecule has 0 amide bonds. The normalized spacial score (nSPS) is 20.3. The summed E-state index contributed by atoms with van der Waals surface area (Å²) in [6, 6.07) is 11.4. The predicted octanol–water partition coefficient (Wildman–Crippen LogP) is 2.44. The van der Waals surface area contributed by atoms with Crippen LogP contribution in [0.25, 0.3) is 0 Å². The smallest absolute Gasteiger partial charge is 0.0234 e. The standard InChI is InChI=1S/C18H31N3/c1-18(2,15-20(3)4)14-19-17-10-11-21(13-17)12-16-8-6-5-7-9-16/h5-9,17,19H,10-15H2,1-4H3. The van der Waals surface area contributed by atoms with E-state index in [2.05, 4.69) is 73.4 Å². The molecule has 1 atom stereocenters. The Bertz CT molecular complexity index is 414. The number of nitrogens with one attached hydrogen (secondary N) is 1. The van der Waals surface area contributed by atoms with E-state index in [1.54, 1.807) is 0 Å². The van der Waals surface area contributed by atoms with Crippen molar-refractivity contribution in [2.24, 2.45) is 5.41 Å². The first-order valence-corrected chi connectivity index (χ1v) is 8.09. The molecule has 0 aliphatic carbocycles. The first-order valence-electron chi connectivity index (χ1n) is 8.09. The van der Waals surface area contributed by atoms with Crippen molar-refractivity contribution >= 4 is 0 Å². The van der Waals surface area contributed by atoms with Crippen LogP contribution in [-0.2, 0) is 6.54 Å². The van der Waals surface area contributed by atoms with Gasteiger partial charge in [0.2, 0.25) is 0 Å². The van der Waals surface area contributed by atoms with Gasteiger partial charge in [-0.3, -0.25) is 4.90 Å². The highest BCUT2D eigenvalue weighted by molar-refractivity contribution is 5.14. The van der Waals surface area contributed by atoms with Gasteiger partial charge in [-0.25, -0.2) is 0 Å². The van der Waals surface area contributed by atoms with Gasteiger partial charge in [0.25, 0.3) is 0 Å². The number of likely N-dealkylation sites (tertiary alicyclic amines) is 1. The van der Waals surface area contributed by atoms with Gasteiger partial charge in [-0.15, -0.1) is 0 Å². The summed E-state index contributed by atoms with van der Waals surface area (Å²) < 4.78 is 0. The quantitative estimate of drug-likeness (QED) is 0.832. The maximum atomic E-state index is 3.77. The fourth-order valence-electron chi connectivity index (χ4n) is 3.32. The van der Waals surface area contributed by atoms with Crippen LogP contribution in [0.3, 0.4) is 0 Å². The third-order valence-corrected chi connectivity index (χ3v) is 4.13. The molecule has 1 aliphatic heterocycles. The Morgan fingerprint density at radius 2 is 1.95 bits per heavy atom. The van der Waals surface area contributed by atoms with Gasteiger partial charge < -0.3 is 10.2 Å². The fourth-order valence-corrected chi connectivity index (χ4v) is 3.32. The Morgan fingerprint density at radius 1 is 1.24 bits per heavy atom. The van der Waals surface area contributed by atoms with Crippen molar-refractivity contribution in [3.63, 3.8) is 0 Å². The summed E-state index contributed by atoms with van der Waals surface area (Å²) in [6.07, 6.45) is 1.27. The number of nitrogens with zero attached hydrogens (tertiary/aromatic N) is 2. The minimum absolute atomic E-state index is 0.330. The zero-order chi connectivity index (χ0) is 15.3. The third kappa shape index (κ3) is 5.77. The van der Waals surface area contributed by atoms with Gasteiger partial charge in [-0.2, -0.15) is 0 Å². The maximum Gasteiger partial charge on any atom is 0.0234 e. The Morgan fingerprint density at radius 3 is 2.62 bits per heavy atom. The van der Waals surface area contributed by atoms with E-state index in [4.69, 9.17) is 0 Å². The highest BCUT2D eigenvalue weighted by Gasteiger charge is 2.25. The summed E-state index contributed by atoms with van der Waals surface area (Å²) in [4.78, 5) is 4.84. The van der Waals surface area contributed by atoms with E-state index in [9.17, 15) is 0 Å². The van der Waals surface area contributed by atoms with Gasteiger partial charge in [0.15, 0.2) is 0 Å². The van der Waals surface area contributed by atoms with Crippen molar-refractivity contribution in [3.05, 3.63) is 35.9 Å². The summed E-state index contributed by atoms with van der Waals surface area (Å²) in [5.74, 6) is 0. The molecular weight excluding hydrogens is 258 g/mol. The lowest BCUT2D eigenvalue weighted by atomic mass is 9.92. The summed E-state index contributed by atoms with van der Waals surface area (Å²) in [5, 5.41) is 3.77. The molecule has 0 spiro atoms. The molecule has 118 valence electrons. The molecule has 3 nitrogen and oxygen atoms in total. The highest BCUT2D eigenvalue weighted by Crippen LogP contribution is 2.17. The minimum Gasteiger partial charge on any atom is -0.312 e. The van der Waals surface area contributed by atoms with Crippen LogP contribution in [0.2, 0.25) is 0 Å². The van der Waals surface area contributed by atoms with E-state index in [1.807, 2.05) is 0 Å². The largest absolute Gasteiger partial charge is 0.312 e. The van der Waals surface area contributed by atoms with Gasteiger partial charge in [-0.1, -0.05) is 44.2 Å². The summed E-state index contributed by atoms with van der Waals surface area (Å²) >= 11 is 0. The van der Waals surface area contributed by atoms with Crippen molar-refractivity contribution in [2.75, 3.05) is 40.3 Å². The van der Waals surface area contributed by atoms with Crippen LogP contribution in [-0.4, -0.2) is 56.1 Å². The van der Waals surface area contributed by atoms with Crippen molar-refractivity contribution in [1.29, 1.82) is 0 Å². The van der Waals surface area contributed by atoms with Crippen molar-refractivity contribution in [2.45, 2.75) is 32.9 Å². The minimum atomic E-state index is 0.330. The van der Waals surface area contributed by atoms with Crippen LogP contribution in [0, 0.1) is 5.41 Å². The molecule has 1 aliphatic rings. The lowest BCUT2D eigenvalue weighted by Gasteiger charge is -2.30. The van der Waals surface area contributed by atoms with Gasteiger partial charge in [-0.05, 0) is 31.5 Å². The van der Waals surface area contributed by atoms with Gasteiger partial charge in [0.05, 0.1) is 0 Å². The summed E-state index contributed by atoms with van der Waals surface area (Å²) in [7, 11) is 4.30. The molecule has 1 N–H and O–H groups in total. The monoisotopic (exact) mass is 289 g/mol. The molecule has 1 unspecified atom stereocenters. The molecule has 0 radical (unpaired) electrons. The SMILES string of the molecule is CN(C)CC(C)(C)CNC1CCN(Cc2ccccc2)C1. The molecule has 0 bridgehead atoms. The van der Waals surface area contributed by atoms with E-state index in [0.717, 1.165) is 19.6 Å². The van der Waals surface area contributed by atoms with Crippen LogP contribution < -0.4 is 5.32 Å². The number of rotatable bonds is 7. The van der Waals surface area contributed by atoms with Gasteiger partial charge in [0, 0.05) is 38.8 Å². The number of hydrogen-bond donors (Lipinski definition) is 1. The van der Waals surface area contributed by atoms with Gasteiger partial charge in [0.1, 0.15) is 0 Å². The van der Waals surface area contributed by atoms with E-state index in [-0.39, 0.29) is 0 Å². The second kappa shape index (κ2) is 7.39. The van der Waals surface area contributed by atoms with Crippen LogP contribution in [0.4, 0.5) is 0 Å². The molecule has 2 rings (SSSR count). The molecule has 21 heavy (non-hydrogen) atoms. The van der Waals surface area contributed by atoms with E-state index in [0.29, 0.717) is 11.5 Å². The zero-order valence-corrected chi connectivity index (χ0v) is 14.1. The Balaban J connectivity index is 1.73. The lowest BCUT2D eigenvalue weighted by molar-refractivity contribution is 0.223. The Hall–Kier alpha value is -0.900. The van der Waals surface area contributed by atoms with Crippen molar-refractivity contribution in [1.82, 2.24) is 15.1 Å². The lowest BCUT2D eigenvalue weighted by Crippen LogP contribution is -2.42. The van der Waals surface area contributed by atoms with E-state index in [1.165, 1.54) is 25.1 Å². The van der Waals surface area contributed by atoms with Crippen LogP contribution in [0.1, 0.15) is 25.8 Å². The molecule has 1 aromatic rings. The topological polar surface area (TPSA) is 18.5 Å². The average molecular weight is 289 g/mol. The molecule has 3 heteroatoms. The van der Waals surface area contributed by atoms with Crippen LogP contribution >= 0.6 is 0 Å². The third-order valence-electron chi connectivity index (χ3n) is 4.13.